The van der Waals surface area contributed by atoms with E-state index >= 15 is 0 Å². The third kappa shape index (κ3) is 3.20. The highest BCUT2D eigenvalue weighted by Gasteiger charge is 2.44. The van der Waals surface area contributed by atoms with Crippen LogP contribution >= 0.6 is 0 Å². The maximum absolute atomic E-state index is 11.2. The normalized spacial score (nSPS) is 24.6. The van der Waals surface area contributed by atoms with E-state index in [4.69, 9.17) is 4.74 Å². The molecule has 0 aromatic carbocycles. The van der Waals surface area contributed by atoms with Gasteiger partial charge in [0.05, 0.1) is 12.6 Å². The maximum atomic E-state index is 11.2. The number of hydrogen-bond acceptors (Lipinski definition) is 3. The largest absolute Gasteiger partial charge is 0.465 e. The van der Waals surface area contributed by atoms with Crippen LogP contribution in [-0.2, 0) is 4.74 Å². The second-order valence-corrected chi connectivity index (χ2v) is 4.87. The number of aliphatic hydroxyl groups excluding tert-OH is 1. The molecule has 1 saturated heterocycles. The summed E-state index contributed by atoms with van der Waals surface area (Å²) in [7, 11) is 0. The molecule has 1 heterocycles. The molecular weight excluding hydrogens is 222 g/mol. The van der Waals surface area contributed by atoms with Crippen molar-refractivity contribution in [3.63, 3.8) is 0 Å². The lowest BCUT2D eigenvalue weighted by Crippen LogP contribution is -2.47. The summed E-state index contributed by atoms with van der Waals surface area (Å²) in [5, 5.41) is 18.4. The fourth-order valence-corrected chi connectivity index (χ4v) is 2.31. The molecule has 1 fully saturated rings. The van der Waals surface area contributed by atoms with Crippen LogP contribution in [0.1, 0.15) is 26.7 Å². The first kappa shape index (κ1) is 14.0. The number of allylic oxidation sites excluding steroid dienone is 1. The molecule has 2 N–H and O–H groups in total. The Balaban J connectivity index is 2.70. The quantitative estimate of drug-likeness (QED) is 0.721. The van der Waals surface area contributed by atoms with Crippen LogP contribution in [0.2, 0.25) is 0 Å². The summed E-state index contributed by atoms with van der Waals surface area (Å²) in [6.45, 7) is 7.53. The number of nitrogens with zero attached hydrogens (tertiary/aromatic N) is 1. The first-order chi connectivity index (χ1) is 7.92. The molecule has 0 aliphatic carbocycles. The molecule has 5 heteroatoms. The second-order valence-electron chi connectivity index (χ2n) is 4.87. The van der Waals surface area contributed by atoms with Gasteiger partial charge in [0, 0.05) is 6.61 Å². The Kier molecular flexibility index (Phi) is 4.54. The highest BCUT2D eigenvalue weighted by Crippen LogP contribution is 2.31. The summed E-state index contributed by atoms with van der Waals surface area (Å²) >= 11 is 0. The lowest BCUT2D eigenvalue weighted by molar-refractivity contribution is -0.0426. The highest BCUT2D eigenvalue weighted by atomic mass is 16.5. The third-order valence-corrected chi connectivity index (χ3v) is 3.14. The summed E-state index contributed by atoms with van der Waals surface area (Å²) in [4.78, 5) is 12.6. The molecule has 0 saturated carbocycles. The van der Waals surface area contributed by atoms with E-state index in [-0.39, 0.29) is 18.6 Å². The minimum absolute atomic E-state index is 0.0381. The molecule has 1 aliphatic rings. The number of rotatable bonds is 5. The summed E-state index contributed by atoms with van der Waals surface area (Å²) < 4.78 is 5.49. The second kappa shape index (κ2) is 5.51. The predicted molar refractivity (Wildman–Crippen MR) is 63.7 cm³/mol. The van der Waals surface area contributed by atoms with Crippen LogP contribution in [0.25, 0.3) is 0 Å². The molecule has 0 aromatic heterocycles. The summed E-state index contributed by atoms with van der Waals surface area (Å²) in [6, 6.07) is -0.195. The number of carboxylic acid groups (broad SMARTS) is 1. The van der Waals surface area contributed by atoms with Gasteiger partial charge in [-0.3, -0.25) is 4.90 Å². The Hall–Kier alpha value is -1.07. The number of amides is 1. The molecule has 1 unspecified atom stereocenters. The zero-order chi connectivity index (χ0) is 13.1. The van der Waals surface area contributed by atoms with Gasteiger partial charge in [-0.25, -0.2) is 4.79 Å². The molecule has 1 rings (SSSR count). The van der Waals surface area contributed by atoms with Crippen molar-refractivity contribution in [3.05, 3.63) is 12.7 Å². The molecule has 2 atom stereocenters. The molecular formula is C12H21NO4. The van der Waals surface area contributed by atoms with Crippen molar-refractivity contribution < 1.29 is 19.7 Å². The molecule has 17 heavy (non-hydrogen) atoms. The number of aliphatic hydroxyl groups is 1. The monoisotopic (exact) mass is 243 g/mol. The maximum Gasteiger partial charge on any atom is 0.409 e. The third-order valence-electron chi connectivity index (χ3n) is 3.14. The van der Waals surface area contributed by atoms with Crippen molar-refractivity contribution >= 4 is 6.09 Å². The van der Waals surface area contributed by atoms with Gasteiger partial charge in [-0.05, 0) is 32.6 Å². The van der Waals surface area contributed by atoms with Crippen LogP contribution < -0.4 is 0 Å². The summed E-state index contributed by atoms with van der Waals surface area (Å²) in [5.41, 5.74) is -0.787. The van der Waals surface area contributed by atoms with Gasteiger partial charge < -0.3 is 14.9 Å². The first-order valence-electron chi connectivity index (χ1n) is 5.80. The van der Waals surface area contributed by atoms with Gasteiger partial charge in [-0.15, -0.1) is 6.58 Å². The van der Waals surface area contributed by atoms with E-state index in [1.165, 1.54) is 4.90 Å². The fraction of sp³-hybridized carbons (Fsp3) is 0.750. The molecule has 0 bridgehead atoms. The smallest absolute Gasteiger partial charge is 0.409 e. The van der Waals surface area contributed by atoms with E-state index in [1.54, 1.807) is 19.9 Å². The van der Waals surface area contributed by atoms with Crippen LogP contribution in [0.4, 0.5) is 4.79 Å². The van der Waals surface area contributed by atoms with Crippen LogP contribution in [-0.4, -0.2) is 46.2 Å². The number of hydrogen-bond donors (Lipinski definition) is 2. The Morgan fingerprint density at radius 2 is 2.35 bits per heavy atom. The molecule has 0 spiro atoms. The lowest BCUT2D eigenvalue weighted by atomic mass is 9.97. The molecule has 0 aromatic rings. The number of ether oxygens (including phenoxy) is 1. The lowest BCUT2D eigenvalue weighted by Gasteiger charge is -2.32. The fourth-order valence-electron chi connectivity index (χ4n) is 2.31. The molecule has 1 aliphatic heterocycles. The standard InChI is InChI=1S/C12H21NO4/c1-4-5-9(7-14)6-10-8-17-12(2,3)13(10)11(15)16/h4,9-10,14H,1,5-8H2,2-3H3,(H,15,16)/t9-,10?/m0/s1. The van der Waals surface area contributed by atoms with Crippen molar-refractivity contribution in [2.24, 2.45) is 5.92 Å². The van der Waals surface area contributed by atoms with Gasteiger partial charge in [0.25, 0.3) is 0 Å². The number of carbonyl (C=O) groups is 1. The van der Waals surface area contributed by atoms with E-state index in [1.807, 2.05) is 0 Å². The van der Waals surface area contributed by atoms with E-state index < -0.39 is 11.8 Å². The zero-order valence-electron chi connectivity index (χ0n) is 10.4. The topological polar surface area (TPSA) is 70.0 Å². The Labute approximate surface area is 102 Å². The van der Waals surface area contributed by atoms with Gasteiger partial charge in [0.1, 0.15) is 5.72 Å². The van der Waals surface area contributed by atoms with Crippen molar-refractivity contribution in [1.29, 1.82) is 0 Å². The highest BCUT2D eigenvalue weighted by molar-refractivity contribution is 5.66. The van der Waals surface area contributed by atoms with E-state index in [9.17, 15) is 15.0 Å². The van der Waals surface area contributed by atoms with Crippen molar-refractivity contribution in [3.8, 4) is 0 Å². The van der Waals surface area contributed by atoms with Crippen molar-refractivity contribution in [1.82, 2.24) is 4.90 Å². The minimum atomic E-state index is -0.979. The SMILES string of the molecule is C=CC[C@H](CO)CC1COC(C)(C)N1C(=O)O. The average Bonchev–Trinajstić information content (AvgIpc) is 2.53. The van der Waals surface area contributed by atoms with Crippen molar-refractivity contribution in [2.75, 3.05) is 13.2 Å². The van der Waals surface area contributed by atoms with Crippen LogP contribution in [0.5, 0.6) is 0 Å². The van der Waals surface area contributed by atoms with Gasteiger partial charge in [0.15, 0.2) is 0 Å². The van der Waals surface area contributed by atoms with Gasteiger partial charge in [0.2, 0.25) is 0 Å². The van der Waals surface area contributed by atoms with Crippen molar-refractivity contribution in [2.45, 2.75) is 38.5 Å². The molecule has 1 amide bonds. The predicted octanol–water partition coefficient (Wildman–Crippen LogP) is 1.68. The molecule has 0 radical (unpaired) electrons. The van der Waals surface area contributed by atoms with E-state index in [2.05, 4.69) is 6.58 Å². The van der Waals surface area contributed by atoms with Gasteiger partial charge in [-0.2, -0.15) is 0 Å². The first-order valence-corrected chi connectivity index (χ1v) is 5.80. The van der Waals surface area contributed by atoms with E-state index in [0.717, 1.165) is 0 Å². The Morgan fingerprint density at radius 3 is 2.82 bits per heavy atom. The van der Waals surface area contributed by atoms with Gasteiger partial charge >= 0.3 is 6.09 Å². The molecule has 98 valence electrons. The minimum Gasteiger partial charge on any atom is -0.465 e. The zero-order valence-corrected chi connectivity index (χ0v) is 10.4. The average molecular weight is 243 g/mol. The van der Waals surface area contributed by atoms with Crippen LogP contribution in [0, 0.1) is 5.92 Å². The summed E-state index contributed by atoms with van der Waals surface area (Å²) in [6.07, 6.45) is 2.04. The Bertz CT molecular complexity index is 290. The van der Waals surface area contributed by atoms with Gasteiger partial charge in [-0.1, -0.05) is 6.08 Å². The summed E-state index contributed by atoms with van der Waals surface area (Å²) in [5.74, 6) is 0.0387. The van der Waals surface area contributed by atoms with Crippen LogP contribution in [0.15, 0.2) is 12.7 Å². The van der Waals surface area contributed by atoms with Crippen LogP contribution in [0.3, 0.4) is 0 Å². The molecule has 5 nitrogen and oxygen atoms in total. The van der Waals surface area contributed by atoms with E-state index in [0.29, 0.717) is 19.4 Å². The Morgan fingerprint density at radius 1 is 1.71 bits per heavy atom.